The molecule has 0 atom stereocenters. The molecule has 1 N–H and O–H groups in total. The van der Waals surface area contributed by atoms with Crippen LogP contribution in [0.4, 0.5) is 0 Å². The summed E-state index contributed by atoms with van der Waals surface area (Å²) in [6, 6.07) is 22.8. The smallest absolute Gasteiger partial charge is 0.244 e. The Hall–Kier alpha value is -4.03. The average molecular weight is 474 g/mol. The van der Waals surface area contributed by atoms with Crippen LogP contribution in [0.2, 0.25) is 5.02 Å². The van der Waals surface area contributed by atoms with Crippen molar-refractivity contribution in [2.75, 3.05) is 14.2 Å². The molecule has 4 aromatic rings. The molecule has 0 fully saturated rings. The van der Waals surface area contributed by atoms with Crippen molar-refractivity contribution in [2.24, 2.45) is 0 Å². The molecule has 0 aliphatic heterocycles. The zero-order valence-electron chi connectivity index (χ0n) is 18.9. The summed E-state index contributed by atoms with van der Waals surface area (Å²) in [5.41, 5.74) is 4.22. The van der Waals surface area contributed by atoms with E-state index in [-0.39, 0.29) is 5.91 Å². The first-order chi connectivity index (χ1) is 16.6. The van der Waals surface area contributed by atoms with Crippen molar-refractivity contribution in [1.82, 2.24) is 15.1 Å². The van der Waals surface area contributed by atoms with E-state index >= 15 is 0 Å². The molecule has 0 aliphatic carbocycles. The Bertz CT molecular complexity index is 1300. The minimum Gasteiger partial charge on any atom is -0.493 e. The maximum Gasteiger partial charge on any atom is 0.244 e. The quantitative estimate of drug-likeness (QED) is 0.341. The third-order valence-corrected chi connectivity index (χ3v) is 5.47. The van der Waals surface area contributed by atoms with Gasteiger partial charge in [0.25, 0.3) is 0 Å². The van der Waals surface area contributed by atoms with Crippen LogP contribution < -0.4 is 14.8 Å². The number of nitrogens with one attached hydrogen (secondary N) is 1. The van der Waals surface area contributed by atoms with Gasteiger partial charge < -0.3 is 14.8 Å². The molecule has 0 bridgehead atoms. The molecular weight excluding hydrogens is 450 g/mol. The van der Waals surface area contributed by atoms with Crippen LogP contribution in [0.3, 0.4) is 0 Å². The number of amides is 1. The number of benzene rings is 3. The molecule has 0 radical (unpaired) electrons. The summed E-state index contributed by atoms with van der Waals surface area (Å²) >= 11 is 5.92. The van der Waals surface area contributed by atoms with Gasteiger partial charge >= 0.3 is 0 Å². The largest absolute Gasteiger partial charge is 0.493 e. The van der Waals surface area contributed by atoms with Gasteiger partial charge in [0.1, 0.15) is 5.69 Å². The predicted molar refractivity (Wildman–Crippen MR) is 134 cm³/mol. The van der Waals surface area contributed by atoms with E-state index in [9.17, 15) is 4.79 Å². The van der Waals surface area contributed by atoms with E-state index in [0.717, 1.165) is 22.4 Å². The lowest BCUT2D eigenvalue weighted by molar-refractivity contribution is -0.116. The molecule has 0 saturated carbocycles. The second-order valence-electron chi connectivity index (χ2n) is 7.46. The summed E-state index contributed by atoms with van der Waals surface area (Å²) in [6.45, 7) is 0.409. The Kier molecular flexibility index (Phi) is 7.30. The van der Waals surface area contributed by atoms with Gasteiger partial charge in [0.05, 0.1) is 19.9 Å². The maximum absolute atomic E-state index is 12.5. The van der Waals surface area contributed by atoms with Gasteiger partial charge in [-0.2, -0.15) is 5.10 Å². The number of nitrogens with zero attached hydrogens (tertiary/aromatic N) is 2. The highest BCUT2D eigenvalue weighted by Gasteiger charge is 2.14. The molecule has 0 spiro atoms. The van der Waals surface area contributed by atoms with Crippen molar-refractivity contribution in [1.29, 1.82) is 0 Å². The Labute approximate surface area is 203 Å². The monoisotopic (exact) mass is 473 g/mol. The van der Waals surface area contributed by atoms with E-state index in [1.807, 2.05) is 66.9 Å². The first-order valence-electron chi connectivity index (χ1n) is 10.6. The van der Waals surface area contributed by atoms with E-state index in [0.29, 0.717) is 28.8 Å². The highest BCUT2D eigenvalue weighted by molar-refractivity contribution is 6.30. The Morgan fingerprint density at radius 2 is 1.74 bits per heavy atom. The number of carbonyl (C=O) groups is 1. The van der Waals surface area contributed by atoms with Gasteiger partial charge in [-0.05, 0) is 54.1 Å². The number of hydrogen-bond acceptors (Lipinski definition) is 4. The molecule has 1 amide bonds. The topological polar surface area (TPSA) is 65.4 Å². The second-order valence-corrected chi connectivity index (χ2v) is 7.90. The number of methoxy groups -OCH3 is 2. The zero-order valence-corrected chi connectivity index (χ0v) is 19.6. The second kappa shape index (κ2) is 10.7. The lowest BCUT2D eigenvalue weighted by Gasteiger charge is -2.09. The first kappa shape index (κ1) is 23.1. The summed E-state index contributed by atoms with van der Waals surface area (Å²) in [6.07, 6.45) is 5.16. The lowest BCUT2D eigenvalue weighted by atomic mass is 10.1. The predicted octanol–water partition coefficient (Wildman–Crippen LogP) is 5.54. The molecule has 3 aromatic carbocycles. The molecule has 7 heteroatoms. The molecule has 4 rings (SSSR count). The molecule has 0 aliphatic rings. The van der Waals surface area contributed by atoms with Crippen LogP contribution >= 0.6 is 11.6 Å². The third kappa shape index (κ3) is 5.47. The minimum atomic E-state index is -0.208. The van der Waals surface area contributed by atoms with Gasteiger partial charge in [-0.1, -0.05) is 41.9 Å². The van der Waals surface area contributed by atoms with E-state index in [1.54, 1.807) is 37.1 Å². The molecule has 6 nitrogen and oxygen atoms in total. The van der Waals surface area contributed by atoms with Gasteiger partial charge in [0, 0.05) is 35.0 Å². The van der Waals surface area contributed by atoms with Crippen molar-refractivity contribution in [2.45, 2.75) is 6.54 Å². The number of hydrogen-bond donors (Lipinski definition) is 1. The third-order valence-electron chi connectivity index (χ3n) is 5.21. The standard InChI is InChI=1S/C27H24ClN3O3/c1-33-24-14-10-20(16-25(24)34-2)27-21(18-31(30-27)23-6-4-3-5-7-23)11-15-26(32)29-17-19-8-12-22(28)13-9-19/h3-16,18H,17H2,1-2H3,(H,29,32). The fourth-order valence-corrected chi connectivity index (χ4v) is 3.57. The van der Waals surface area contributed by atoms with Crippen molar-refractivity contribution >= 4 is 23.6 Å². The van der Waals surface area contributed by atoms with Crippen molar-refractivity contribution in [3.8, 4) is 28.4 Å². The molecule has 172 valence electrons. The lowest BCUT2D eigenvalue weighted by Crippen LogP contribution is -2.20. The minimum absolute atomic E-state index is 0.208. The van der Waals surface area contributed by atoms with Crippen LogP contribution in [0, 0.1) is 0 Å². The van der Waals surface area contributed by atoms with Crippen molar-refractivity contribution in [3.63, 3.8) is 0 Å². The van der Waals surface area contributed by atoms with Gasteiger partial charge in [-0.3, -0.25) is 4.79 Å². The van der Waals surface area contributed by atoms with Crippen LogP contribution in [-0.4, -0.2) is 29.9 Å². The van der Waals surface area contributed by atoms with Crippen LogP contribution in [0.1, 0.15) is 11.1 Å². The number of rotatable bonds is 8. The van der Waals surface area contributed by atoms with Crippen molar-refractivity contribution in [3.05, 3.63) is 101 Å². The Morgan fingerprint density at radius 1 is 1.00 bits per heavy atom. The SMILES string of the molecule is COc1ccc(-c2nn(-c3ccccc3)cc2C=CC(=O)NCc2ccc(Cl)cc2)cc1OC. The summed E-state index contributed by atoms with van der Waals surface area (Å²) in [7, 11) is 3.19. The first-order valence-corrected chi connectivity index (χ1v) is 11.0. The molecule has 1 aromatic heterocycles. The van der Waals surface area contributed by atoms with Crippen LogP contribution in [0.5, 0.6) is 11.5 Å². The zero-order chi connectivity index (χ0) is 23.9. The fourth-order valence-electron chi connectivity index (χ4n) is 3.45. The highest BCUT2D eigenvalue weighted by atomic mass is 35.5. The van der Waals surface area contributed by atoms with E-state index < -0.39 is 0 Å². The fraction of sp³-hybridized carbons (Fsp3) is 0.111. The number of carbonyl (C=O) groups excluding carboxylic acids is 1. The van der Waals surface area contributed by atoms with E-state index in [4.69, 9.17) is 26.2 Å². The van der Waals surface area contributed by atoms with Crippen molar-refractivity contribution < 1.29 is 14.3 Å². The molecule has 0 saturated heterocycles. The summed E-state index contributed by atoms with van der Waals surface area (Å²) in [5.74, 6) is 1.03. The molecule has 1 heterocycles. The number of ether oxygens (including phenoxy) is 2. The van der Waals surface area contributed by atoms with Gasteiger partial charge in [0.15, 0.2) is 11.5 Å². The summed E-state index contributed by atoms with van der Waals surface area (Å²) in [5, 5.41) is 8.33. The van der Waals surface area contributed by atoms with Gasteiger partial charge in [-0.15, -0.1) is 0 Å². The number of para-hydroxylation sites is 1. The van der Waals surface area contributed by atoms with E-state index in [2.05, 4.69) is 5.32 Å². The normalized spacial score (nSPS) is 10.9. The number of halogens is 1. The molecule has 34 heavy (non-hydrogen) atoms. The van der Waals surface area contributed by atoms with Crippen LogP contribution in [-0.2, 0) is 11.3 Å². The molecular formula is C27H24ClN3O3. The summed E-state index contributed by atoms with van der Waals surface area (Å²) < 4.78 is 12.6. The number of aromatic nitrogens is 2. The maximum atomic E-state index is 12.5. The van der Waals surface area contributed by atoms with Crippen LogP contribution in [0.15, 0.2) is 85.1 Å². The van der Waals surface area contributed by atoms with Gasteiger partial charge in [0.2, 0.25) is 5.91 Å². The highest BCUT2D eigenvalue weighted by Crippen LogP contribution is 2.33. The molecule has 0 unspecified atom stereocenters. The van der Waals surface area contributed by atoms with E-state index in [1.165, 1.54) is 6.08 Å². The Balaban J connectivity index is 1.62. The summed E-state index contributed by atoms with van der Waals surface area (Å²) in [4.78, 5) is 12.5. The van der Waals surface area contributed by atoms with Crippen LogP contribution in [0.25, 0.3) is 23.0 Å². The van der Waals surface area contributed by atoms with Gasteiger partial charge in [-0.25, -0.2) is 4.68 Å². The average Bonchev–Trinajstić information content (AvgIpc) is 3.31. The Morgan fingerprint density at radius 3 is 2.44 bits per heavy atom.